The summed E-state index contributed by atoms with van der Waals surface area (Å²) >= 11 is 0. The molecule has 98 valence electrons. The van der Waals surface area contributed by atoms with E-state index in [1.54, 1.807) is 18.3 Å². The molecular formula is C14H15N3O2. The number of ether oxygens (including phenoxy) is 1. The van der Waals surface area contributed by atoms with E-state index < -0.39 is 0 Å². The lowest BCUT2D eigenvalue weighted by atomic mass is 10.2. The molecule has 0 unspecified atom stereocenters. The number of nitrogens with zero attached hydrogens (tertiary/aromatic N) is 2. The predicted octanol–water partition coefficient (Wildman–Crippen LogP) is 2.35. The van der Waals surface area contributed by atoms with E-state index in [9.17, 15) is 4.79 Å². The molecule has 5 heteroatoms. The number of carbonyl (C=O) groups excluding carboxylic acids is 1. The molecule has 0 aliphatic carbocycles. The number of amides is 1. The van der Waals surface area contributed by atoms with Crippen LogP contribution in [-0.2, 0) is 0 Å². The second kappa shape index (κ2) is 5.48. The van der Waals surface area contributed by atoms with Crippen molar-refractivity contribution < 1.29 is 9.53 Å². The van der Waals surface area contributed by atoms with E-state index in [0.29, 0.717) is 17.1 Å². The predicted molar refractivity (Wildman–Crippen MR) is 72.5 cm³/mol. The number of methoxy groups -OCH3 is 1. The SMILES string of the molecule is COc1ncccc1C(=O)Nc1ccc(C)nc1C. The summed E-state index contributed by atoms with van der Waals surface area (Å²) < 4.78 is 5.07. The van der Waals surface area contributed by atoms with Gasteiger partial charge in [0.25, 0.3) is 5.91 Å². The summed E-state index contributed by atoms with van der Waals surface area (Å²) in [5.41, 5.74) is 2.76. The second-order valence-electron chi connectivity index (χ2n) is 4.10. The first-order valence-corrected chi connectivity index (χ1v) is 5.86. The number of aryl methyl sites for hydroxylation is 2. The number of carbonyl (C=O) groups is 1. The molecule has 0 spiro atoms. The van der Waals surface area contributed by atoms with Crippen molar-refractivity contribution in [2.45, 2.75) is 13.8 Å². The van der Waals surface area contributed by atoms with E-state index in [1.807, 2.05) is 26.0 Å². The van der Waals surface area contributed by atoms with Gasteiger partial charge in [-0.25, -0.2) is 4.98 Å². The summed E-state index contributed by atoms with van der Waals surface area (Å²) in [6.45, 7) is 3.76. The largest absolute Gasteiger partial charge is 0.480 e. The molecule has 1 amide bonds. The maximum absolute atomic E-state index is 12.2. The van der Waals surface area contributed by atoms with Gasteiger partial charge >= 0.3 is 0 Å². The highest BCUT2D eigenvalue weighted by Crippen LogP contribution is 2.18. The van der Waals surface area contributed by atoms with Gasteiger partial charge in [-0.3, -0.25) is 9.78 Å². The lowest BCUT2D eigenvalue weighted by Crippen LogP contribution is -2.15. The minimum absolute atomic E-state index is 0.265. The zero-order valence-electron chi connectivity index (χ0n) is 11.1. The van der Waals surface area contributed by atoms with Crippen LogP contribution in [0, 0.1) is 13.8 Å². The van der Waals surface area contributed by atoms with Crippen LogP contribution in [0.15, 0.2) is 30.5 Å². The van der Waals surface area contributed by atoms with Crippen LogP contribution < -0.4 is 10.1 Å². The Hall–Kier alpha value is -2.43. The Morgan fingerprint density at radius 1 is 1.26 bits per heavy atom. The van der Waals surface area contributed by atoms with Crippen LogP contribution in [0.3, 0.4) is 0 Å². The molecule has 0 aliphatic heterocycles. The zero-order chi connectivity index (χ0) is 13.8. The molecule has 5 nitrogen and oxygen atoms in total. The average molecular weight is 257 g/mol. The summed E-state index contributed by atoms with van der Waals surface area (Å²) in [5.74, 6) is 0.0384. The number of pyridine rings is 2. The van der Waals surface area contributed by atoms with E-state index >= 15 is 0 Å². The van der Waals surface area contributed by atoms with E-state index in [-0.39, 0.29) is 5.91 Å². The molecule has 2 aromatic rings. The van der Waals surface area contributed by atoms with Gasteiger partial charge in [-0.15, -0.1) is 0 Å². The molecule has 0 saturated carbocycles. The second-order valence-corrected chi connectivity index (χ2v) is 4.10. The Labute approximate surface area is 111 Å². The van der Waals surface area contributed by atoms with Crippen LogP contribution in [0.2, 0.25) is 0 Å². The summed E-state index contributed by atoms with van der Waals surface area (Å²) in [6.07, 6.45) is 1.58. The van der Waals surface area contributed by atoms with Gasteiger partial charge in [0.2, 0.25) is 5.88 Å². The monoisotopic (exact) mass is 257 g/mol. The molecule has 0 radical (unpaired) electrons. The molecule has 19 heavy (non-hydrogen) atoms. The van der Waals surface area contributed by atoms with Gasteiger partial charge in [-0.05, 0) is 38.1 Å². The third kappa shape index (κ3) is 2.88. The van der Waals surface area contributed by atoms with Crippen LogP contribution in [-0.4, -0.2) is 23.0 Å². The van der Waals surface area contributed by atoms with Crippen molar-refractivity contribution in [2.24, 2.45) is 0 Å². The number of nitrogens with one attached hydrogen (secondary N) is 1. The quantitative estimate of drug-likeness (QED) is 0.916. The molecule has 2 heterocycles. The van der Waals surface area contributed by atoms with Crippen LogP contribution in [0.5, 0.6) is 5.88 Å². The highest BCUT2D eigenvalue weighted by Gasteiger charge is 2.14. The van der Waals surface area contributed by atoms with Crippen LogP contribution in [0.4, 0.5) is 5.69 Å². The third-order valence-electron chi connectivity index (χ3n) is 2.68. The van der Waals surface area contributed by atoms with Crippen LogP contribution in [0.25, 0.3) is 0 Å². The Kier molecular flexibility index (Phi) is 3.75. The van der Waals surface area contributed by atoms with E-state index in [4.69, 9.17) is 4.74 Å². The topological polar surface area (TPSA) is 64.1 Å². The van der Waals surface area contributed by atoms with Crippen molar-refractivity contribution in [3.05, 3.63) is 47.4 Å². The standard InChI is InChI=1S/C14H15N3O2/c1-9-6-7-12(10(2)16-9)17-13(18)11-5-4-8-15-14(11)19-3/h4-8H,1-3H3,(H,17,18). The number of rotatable bonds is 3. The van der Waals surface area contributed by atoms with Crippen molar-refractivity contribution in [3.63, 3.8) is 0 Å². The van der Waals surface area contributed by atoms with Crippen molar-refractivity contribution in [3.8, 4) is 5.88 Å². The van der Waals surface area contributed by atoms with Gasteiger partial charge in [0.1, 0.15) is 5.56 Å². The molecule has 2 rings (SSSR count). The summed E-state index contributed by atoms with van der Waals surface area (Å²) in [5, 5.41) is 2.81. The molecule has 0 fully saturated rings. The van der Waals surface area contributed by atoms with E-state index in [1.165, 1.54) is 7.11 Å². The van der Waals surface area contributed by atoms with Crippen molar-refractivity contribution in [2.75, 3.05) is 12.4 Å². The normalized spacial score (nSPS) is 10.1. The van der Waals surface area contributed by atoms with Crippen molar-refractivity contribution in [1.82, 2.24) is 9.97 Å². The smallest absolute Gasteiger partial charge is 0.261 e. The van der Waals surface area contributed by atoms with Gasteiger partial charge in [0, 0.05) is 11.9 Å². The molecule has 0 atom stereocenters. The molecule has 0 saturated heterocycles. The van der Waals surface area contributed by atoms with Gasteiger partial charge in [-0.2, -0.15) is 0 Å². The fraction of sp³-hybridized carbons (Fsp3) is 0.214. The Morgan fingerprint density at radius 3 is 2.74 bits per heavy atom. The summed E-state index contributed by atoms with van der Waals surface area (Å²) in [7, 11) is 1.48. The van der Waals surface area contributed by atoms with Gasteiger partial charge in [0.15, 0.2) is 0 Å². The lowest BCUT2D eigenvalue weighted by molar-refractivity contribution is 0.102. The average Bonchev–Trinajstić information content (AvgIpc) is 2.41. The van der Waals surface area contributed by atoms with Crippen LogP contribution in [0.1, 0.15) is 21.7 Å². The maximum Gasteiger partial charge on any atom is 0.261 e. The number of anilines is 1. The highest BCUT2D eigenvalue weighted by atomic mass is 16.5. The first-order chi connectivity index (χ1) is 9.11. The van der Waals surface area contributed by atoms with E-state index in [0.717, 1.165) is 11.4 Å². The Morgan fingerprint density at radius 2 is 2.05 bits per heavy atom. The van der Waals surface area contributed by atoms with Gasteiger partial charge in [-0.1, -0.05) is 0 Å². The first kappa shape index (κ1) is 13.0. The highest BCUT2D eigenvalue weighted by molar-refractivity contribution is 6.06. The summed E-state index contributed by atoms with van der Waals surface area (Å²) in [6, 6.07) is 7.04. The van der Waals surface area contributed by atoms with Crippen molar-refractivity contribution >= 4 is 11.6 Å². The van der Waals surface area contributed by atoms with E-state index in [2.05, 4.69) is 15.3 Å². The molecule has 0 aliphatic rings. The molecule has 1 N–H and O–H groups in total. The fourth-order valence-corrected chi connectivity index (χ4v) is 1.73. The Balaban J connectivity index is 2.26. The Bertz CT molecular complexity index is 611. The van der Waals surface area contributed by atoms with Crippen LogP contribution >= 0.6 is 0 Å². The number of hydrogen-bond donors (Lipinski definition) is 1. The van der Waals surface area contributed by atoms with Gasteiger partial charge in [0.05, 0.1) is 18.5 Å². The minimum atomic E-state index is -0.265. The minimum Gasteiger partial charge on any atom is -0.480 e. The summed E-state index contributed by atoms with van der Waals surface area (Å²) in [4.78, 5) is 20.5. The number of hydrogen-bond acceptors (Lipinski definition) is 4. The number of aromatic nitrogens is 2. The lowest BCUT2D eigenvalue weighted by Gasteiger charge is -2.10. The molecule has 0 aromatic carbocycles. The third-order valence-corrected chi connectivity index (χ3v) is 2.68. The fourth-order valence-electron chi connectivity index (χ4n) is 1.73. The maximum atomic E-state index is 12.2. The van der Waals surface area contributed by atoms with Gasteiger partial charge < -0.3 is 10.1 Å². The molecule has 2 aromatic heterocycles. The zero-order valence-corrected chi connectivity index (χ0v) is 11.1. The first-order valence-electron chi connectivity index (χ1n) is 5.86. The van der Waals surface area contributed by atoms with Crippen molar-refractivity contribution in [1.29, 1.82) is 0 Å². The molecular weight excluding hydrogens is 242 g/mol. The molecule has 0 bridgehead atoms.